The summed E-state index contributed by atoms with van der Waals surface area (Å²) >= 11 is 0. The maximum absolute atomic E-state index is 4.12. The number of rotatable bonds is 15. The summed E-state index contributed by atoms with van der Waals surface area (Å²) in [7, 11) is 0. The Morgan fingerprint density at radius 1 is 0.255 bits per heavy atom. The minimum atomic E-state index is 0. The summed E-state index contributed by atoms with van der Waals surface area (Å²) in [4.78, 5) is 0. The molecule has 9 aliphatic carbocycles. The van der Waals surface area contributed by atoms with Gasteiger partial charge in [0.2, 0.25) is 0 Å². The van der Waals surface area contributed by atoms with Crippen LogP contribution in [-0.4, -0.2) is 40.3 Å². The average molecular weight is 1570 g/mol. The van der Waals surface area contributed by atoms with E-state index in [4.69, 9.17) is 0 Å². The first-order chi connectivity index (χ1) is 46.1. The summed E-state index contributed by atoms with van der Waals surface area (Å²) in [5.41, 5.74) is 3.53. The Hall–Kier alpha value is 3.70. The molecule has 0 aromatic carbocycles. The van der Waals surface area contributed by atoms with Gasteiger partial charge in [-0.3, -0.25) is 0 Å². The maximum atomic E-state index is 4.12. The first-order valence-electron chi connectivity index (χ1n) is 44.6. The van der Waals surface area contributed by atoms with Crippen LogP contribution in [0.15, 0.2) is 0 Å². The summed E-state index contributed by atoms with van der Waals surface area (Å²) < 4.78 is 0. The van der Waals surface area contributed by atoms with Gasteiger partial charge in [0.05, 0.1) is 0 Å². The van der Waals surface area contributed by atoms with E-state index in [1.807, 2.05) is 83.1 Å². The Bertz CT molecular complexity index is 1610. The summed E-state index contributed by atoms with van der Waals surface area (Å²) in [5, 5.41) is 0. The van der Waals surface area contributed by atoms with Crippen molar-refractivity contribution in [2.75, 3.05) is 0 Å². The largest absolute Gasteiger partial charge is 3.00 e. The number of unbranched alkanes of at least 4 members (excludes halogenated alkanes) is 6. The van der Waals surface area contributed by atoms with Crippen molar-refractivity contribution < 1.29 is 98.1 Å². The third kappa shape index (κ3) is 23.9. The molecular weight excluding hydrogens is 1400 g/mol. The number of hydrogen-bond acceptors (Lipinski definition) is 0. The smallest absolute Gasteiger partial charge is 0.426 e. The minimum Gasteiger partial charge on any atom is -0.426 e. The zero-order valence-corrected chi connectivity index (χ0v) is 75.2. The third-order valence-electron chi connectivity index (χ3n) is 29.7. The maximum Gasteiger partial charge on any atom is 3.00 e. The van der Waals surface area contributed by atoms with Gasteiger partial charge >= 0.3 is 98.1 Å². The second-order valence-corrected chi connectivity index (χ2v) is 33.0. The van der Waals surface area contributed by atoms with Crippen LogP contribution < -0.4 is 0 Å². The van der Waals surface area contributed by atoms with E-state index in [9.17, 15) is 0 Å². The Labute approximate surface area is 699 Å². The van der Waals surface area contributed by atoms with E-state index in [0.717, 1.165) is 125 Å². The third-order valence-corrected chi connectivity index (χ3v) is 29.7. The van der Waals surface area contributed by atoms with Gasteiger partial charge < -0.3 is 58.7 Å². The Morgan fingerprint density at radius 3 is 0.663 bits per heavy atom. The van der Waals surface area contributed by atoms with Crippen molar-refractivity contribution in [2.45, 2.75) is 439 Å². The van der Waals surface area contributed by atoms with Gasteiger partial charge in [0.15, 0.2) is 0 Å². The molecule has 0 nitrogen and oxygen atoms in total. The molecule has 18 unspecified atom stereocenters. The standard InChI is InChI=1S/C39H63B3.C36H60B3.6C2H6.2CH4.3Y/c1-4-19-31-25(13-1)28-16-7-10-22-34(28)40-37(31)41-35-23-11-8-17-29(35)26-14-3-6-21-33(26)39(41)42-36-24-12-9-18-30(36)27-15-2-5-20-32(27)38(40)42;1-4-7-10-19-31-22-13-16-25-34(31)37-28-38(35-26-17-14-23-32(35)20-11-8-5-2)30-39(29-37)36-27-18-15-24-33(36)21-12-9-6-3;6*1-2;;;;;/h25-39H,1-24H2;19-21,28-36H,1-18,22-27H2;6*1-2H3;2*1H4;;;/q;-9;;;;;;;;;3*+3. The Kier molecular flexibility index (Phi) is 54.2. The topological polar surface area (TPSA) is 0 Å². The van der Waals surface area contributed by atoms with Crippen molar-refractivity contribution in [3.63, 3.8) is 0 Å². The Morgan fingerprint density at radius 2 is 0.439 bits per heavy atom. The van der Waals surface area contributed by atoms with Gasteiger partial charge in [0.1, 0.15) is 20.1 Å². The molecule has 550 valence electrons. The van der Waals surface area contributed by atoms with Crippen molar-refractivity contribution in [1.29, 1.82) is 0 Å². The minimum absolute atomic E-state index is 0. The van der Waals surface area contributed by atoms with Crippen molar-refractivity contribution in [3.05, 3.63) is 58.7 Å². The molecule has 14 aliphatic rings. The monoisotopic (exact) mass is 1570 g/mol. The van der Waals surface area contributed by atoms with E-state index in [0.29, 0.717) is 20.1 Å². The van der Waals surface area contributed by atoms with E-state index >= 15 is 0 Å². The molecule has 0 spiro atoms. The Balaban J connectivity index is 0.000000556. The molecular formula is C89H167B6Y3. The second-order valence-electron chi connectivity index (χ2n) is 33.0. The van der Waals surface area contributed by atoms with Crippen LogP contribution in [0.1, 0.15) is 387 Å². The second kappa shape index (κ2) is 54.4. The van der Waals surface area contributed by atoms with Gasteiger partial charge in [-0.25, -0.2) is 20.1 Å². The molecule has 0 aromatic heterocycles. The van der Waals surface area contributed by atoms with Crippen LogP contribution in [0.2, 0.25) is 52.1 Å². The van der Waals surface area contributed by atoms with Crippen LogP contribution in [0.4, 0.5) is 0 Å². The predicted octanol–water partition coefficient (Wildman–Crippen LogP) is 29.4. The van der Waals surface area contributed by atoms with Crippen LogP contribution >= 0.6 is 0 Å². The van der Waals surface area contributed by atoms with Gasteiger partial charge in [-0.05, 0) is 72.5 Å². The molecule has 0 bridgehead atoms. The average Bonchev–Trinajstić information content (AvgIpc) is 0.679. The summed E-state index contributed by atoms with van der Waals surface area (Å²) in [5.74, 6) is 18.9. The first kappa shape index (κ1) is 97.8. The molecule has 98 heavy (non-hydrogen) atoms. The fourth-order valence-electron chi connectivity index (χ4n) is 27.3. The molecule has 14 fully saturated rings. The zero-order valence-electron chi connectivity index (χ0n) is 66.7. The SMILES string of the molecule is C.C.C1CCC2C(C1)B1C(B3C4CCCCC4C4CCCCC4C3B3C4CCCCC4C4CCCCC4C13)C1CCCCC21.CC.CC.CC.CC.CC.CC.[CH2-]CCC[CH-]C1CCCCC1B1[CH-]B(C2CCCCC2[CH-]CCC[CH2-])[CH-]B(C2CCCCC2[CH-]CCC[CH2-])[CH-]1.[Y+3].[Y+3].[Y+3]. The van der Waals surface area contributed by atoms with Gasteiger partial charge in [0, 0.05) is 0 Å². The molecule has 9 heteroatoms. The molecule has 5 saturated heterocycles. The van der Waals surface area contributed by atoms with Gasteiger partial charge in [0.25, 0.3) is 0 Å². The molecule has 9 saturated carbocycles. The van der Waals surface area contributed by atoms with E-state index in [1.54, 1.807) is 154 Å². The molecule has 14 rings (SSSR count). The molecule has 0 radical (unpaired) electrons. The van der Waals surface area contributed by atoms with E-state index < -0.39 is 0 Å². The van der Waals surface area contributed by atoms with Crippen LogP contribution in [-0.2, 0) is 98.1 Å². The molecule has 18 atom stereocenters. The molecule has 5 heterocycles. The van der Waals surface area contributed by atoms with E-state index in [2.05, 4.69) is 58.7 Å². The quantitative estimate of drug-likeness (QED) is 0.0871. The van der Waals surface area contributed by atoms with E-state index in [-0.39, 0.29) is 113 Å². The zero-order chi connectivity index (χ0) is 66.7. The van der Waals surface area contributed by atoms with Crippen LogP contribution in [0, 0.1) is 130 Å². The van der Waals surface area contributed by atoms with Crippen molar-refractivity contribution in [3.8, 4) is 0 Å². The number of fused-ring (bicyclic) bond motifs is 21. The van der Waals surface area contributed by atoms with Crippen LogP contribution in [0.5, 0.6) is 0 Å². The summed E-state index contributed by atoms with van der Waals surface area (Å²) in [6.45, 7) is 42.0. The van der Waals surface area contributed by atoms with Crippen molar-refractivity contribution >= 4 is 40.3 Å². The number of hydrogen-bond donors (Lipinski definition) is 0. The predicted molar refractivity (Wildman–Crippen MR) is 441 cm³/mol. The van der Waals surface area contributed by atoms with Crippen LogP contribution in [0.25, 0.3) is 0 Å². The molecule has 0 amide bonds. The normalized spacial score (nSPS) is 36.8. The molecule has 0 N–H and O–H groups in total. The summed E-state index contributed by atoms with van der Waals surface area (Å²) in [6, 6.07) is 0. The van der Waals surface area contributed by atoms with Crippen molar-refractivity contribution in [1.82, 2.24) is 0 Å². The fraction of sp³-hybridized carbons (Fsp3) is 0.899. The first-order valence-corrected chi connectivity index (χ1v) is 44.6. The van der Waals surface area contributed by atoms with Gasteiger partial charge in [-0.2, -0.15) is 56.3 Å². The van der Waals surface area contributed by atoms with Crippen molar-refractivity contribution in [2.24, 2.45) is 71.0 Å². The van der Waals surface area contributed by atoms with Gasteiger partial charge in [-0.1, -0.05) is 344 Å². The van der Waals surface area contributed by atoms with Crippen LogP contribution in [0.3, 0.4) is 0 Å². The van der Waals surface area contributed by atoms with Gasteiger partial charge in [-0.15, -0.1) is 36.7 Å². The fourth-order valence-corrected chi connectivity index (χ4v) is 27.3. The molecule has 5 aliphatic heterocycles. The summed E-state index contributed by atoms with van der Waals surface area (Å²) in [6.07, 6.45) is 84.1. The van der Waals surface area contributed by atoms with E-state index in [1.165, 1.54) is 153 Å². The molecule has 0 aromatic rings.